The standard InChI is InChI=1S/C16H26N2O3/c1-11(17)6-7-12-10-13(8-9-14(12)20-5)18-15(19)21-16(2,3)4/h8-11H,6-7,17H2,1-5H3,(H,18,19)/t11-/m1/s1. The van der Waals surface area contributed by atoms with Crippen LogP contribution < -0.4 is 15.8 Å². The molecule has 0 unspecified atom stereocenters. The molecule has 3 N–H and O–H groups in total. The van der Waals surface area contributed by atoms with Gasteiger partial charge in [0.1, 0.15) is 11.4 Å². The lowest BCUT2D eigenvalue weighted by Gasteiger charge is -2.20. The molecule has 0 aliphatic carbocycles. The number of ether oxygens (including phenoxy) is 2. The number of amides is 1. The molecule has 1 aromatic rings. The maximum absolute atomic E-state index is 11.8. The fourth-order valence-corrected chi connectivity index (χ4v) is 1.86. The van der Waals surface area contributed by atoms with E-state index in [0.29, 0.717) is 5.69 Å². The van der Waals surface area contributed by atoms with Crippen molar-refractivity contribution in [2.24, 2.45) is 5.73 Å². The Labute approximate surface area is 126 Å². The van der Waals surface area contributed by atoms with Crippen molar-refractivity contribution in [2.75, 3.05) is 12.4 Å². The summed E-state index contributed by atoms with van der Waals surface area (Å²) >= 11 is 0. The van der Waals surface area contributed by atoms with Gasteiger partial charge in [0.05, 0.1) is 7.11 Å². The van der Waals surface area contributed by atoms with Crippen molar-refractivity contribution in [1.82, 2.24) is 0 Å². The van der Waals surface area contributed by atoms with Gasteiger partial charge < -0.3 is 15.2 Å². The summed E-state index contributed by atoms with van der Waals surface area (Å²) in [6, 6.07) is 5.64. The maximum Gasteiger partial charge on any atom is 0.412 e. The van der Waals surface area contributed by atoms with Crippen LogP contribution in [0, 0.1) is 0 Å². The Morgan fingerprint density at radius 3 is 2.57 bits per heavy atom. The highest BCUT2D eigenvalue weighted by Crippen LogP contribution is 2.24. The third-order valence-corrected chi connectivity index (χ3v) is 2.79. The number of hydrogen-bond donors (Lipinski definition) is 2. The van der Waals surface area contributed by atoms with E-state index < -0.39 is 11.7 Å². The summed E-state index contributed by atoms with van der Waals surface area (Å²) < 4.78 is 10.6. The Kier molecular flexibility index (Phi) is 6.03. The topological polar surface area (TPSA) is 73.6 Å². The third-order valence-electron chi connectivity index (χ3n) is 2.79. The lowest BCUT2D eigenvalue weighted by atomic mass is 10.0. The monoisotopic (exact) mass is 294 g/mol. The number of aryl methyl sites for hydroxylation is 1. The number of nitrogens with one attached hydrogen (secondary N) is 1. The second-order valence-electron chi connectivity index (χ2n) is 6.17. The van der Waals surface area contributed by atoms with Gasteiger partial charge in [0.15, 0.2) is 0 Å². The smallest absolute Gasteiger partial charge is 0.412 e. The van der Waals surface area contributed by atoms with Crippen LogP contribution in [0.2, 0.25) is 0 Å². The van der Waals surface area contributed by atoms with Crippen molar-refractivity contribution < 1.29 is 14.3 Å². The molecule has 1 atom stereocenters. The molecule has 118 valence electrons. The van der Waals surface area contributed by atoms with Crippen LogP contribution in [0.5, 0.6) is 5.75 Å². The quantitative estimate of drug-likeness (QED) is 0.873. The van der Waals surface area contributed by atoms with Gasteiger partial charge in [0, 0.05) is 11.7 Å². The van der Waals surface area contributed by atoms with Crippen LogP contribution >= 0.6 is 0 Å². The average molecular weight is 294 g/mol. The van der Waals surface area contributed by atoms with Gasteiger partial charge in [-0.3, -0.25) is 5.32 Å². The lowest BCUT2D eigenvalue weighted by Crippen LogP contribution is -2.27. The average Bonchev–Trinajstić information content (AvgIpc) is 2.34. The predicted molar refractivity (Wildman–Crippen MR) is 84.8 cm³/mol. The van der Waals surface area contributed by atoms with Crippen molar-refractivity contribution in [2.45, 2.75) is 52.2 Å². The molecule has 0 radical (unpaired) electrons. The van der Waals surface area contributed by atoms with E-state index in [0.717, 1.165) is 24.2 Å². The highest BCUT2D eigenvalue weighted by atomic mass is 16.6. The third kappa shape index (κ3) is 6.49. The molecule has 5 heteroatoms. The van der Waals surface area contributed by atoms with E-state index in [1.807, 2.05) is 39.8 Å². The van der Waals surface area contributed by atoms with E-state index in [1.165, 1.54) is 0 Å². The van der Waals surface area contributed by atoms with E-state index in [9.17, 15) is 4.79 Å². The first-order valence-corrected chi connectivity index (χ1v) is 7.14. The molecule has 21 heavy (non-hydrogen) atoms. The van der Waals surface area contributed by atoms with Gasteiger partial charge >= 0.3 is 6.09 Å². The highest BCUT2D eigenvalue weighted by Gasteiger charge is 2.16. The number of anilines is 1. The summed E-state index contributed by atoms with van der Waals surface area (Å²) in [6.07, 6.45) is 1.18. The first kappa shape index (κ1) is 17.3. The summed E-state index contributed by atoms with van der Waals surface area (Å²) in [7, 11) is 1.63. The van der Waals surface area contributed by atoms with E-state index >= 15 is 0 Å². The van der Waals surface area contributed by atoms with Crippen molar-refractivity contribution in [3.05, 3.63) is 23.8 Å². The van der Waals surface area contributed by atoms with E-state index in [2.05, 4.69) is 5.32 Å². The summed E-state index contributed by atoms with van der Waals surface area (Å²) in [4.78, 5) is 11.8. The molecule has 0 bridgehead atoms. The number of hydrogen-bond acceptors (Lipinski definition) is 4. The molecular formula is C16H26N2O3. The van der Waals surface area contributed by atoms with Crippen LogP contribution in [0.25, 0.3) is 0 Å². The van der Waals surface area contributed by atoms with Crippen molar-refractivity contribution in [1.29, 1.82) is 0 Å². The van der Waals surface area contributed by atoms with Crippen LogP contribution in [0.4, 0.5) is 10.5 Å². The van der Waals surface area contributed by atoms with Crippen LogP contribution in [0.1, 0.15) is 39.7 Å². The number of rotatable bonds is 5. The molecule has 0 saturated carbocycles. The first-order valence-electron chi connectivity index (χ1n) is 7.14. The molecule has 1 amide bonds. The van der Waals surface area contributed by atoms with Crippen molar-refractivity contribution in [3.63, 3.8) is 0 Å². The van der Waals surface area contributed by atoms with Gasteiger partial charge in [0.25, 0.3) is 0 Å². The molecule has 0 aliphatic heterocycles. The second kappa shape index (κ2) is 7.31. The Morgan fingerprint density at radius 2 is 2.05 bits per heavy atom. The SMILES string of the molecule is COc1ccc(NC(=O)OC(C)(C)C)cc1CC[C@@H](C)N. The molecule has 0 spiro atoms. The number of benzene rings is 1. The molecule has 5 nitrogen and oxygen atoms in total. The molecule has 0 aliphatic rings. The minimum Gasteiger partial charge on any atom is -0.496 e. The molecular weight excluding hydrogens is 268 g/mol. The summed E-state index contributed by atoms with van der Waals surface area (Å²) in [5.74, 6) is 0.797. The zero-order valence-corrected chi connectivity index (χ0v) is 13.5. The number of nitrogens with two attached hydrogens (primary N) is 1. The van der Waals surface area contributed by atoms with Crippen LogP contribution in [0.15, 0.2) is 18.2 Å². The fraction of sp³-hybridized carbons (Fsp3) is 0.562. The minimum absolute atomic E-state index is 0.122. The Morgan fingerprint density at radius 1 is 1.38 bits per heavy atom. The van der Waals surface area contributed by atoms with Crippen molar-refractivity contribution >= 4 is 11.8 Å². The first-order chi connectivity index (χ1) is 9.71. The minimum atomic E-state index is -0.519. The van der Waals surface area contributed by atoms with E-state index in [1.54, 1.807) is 13.2 Å². The zero-order chi connectivity index (χ0) is 16.0. The Bertz CT molecular complexity index is 479. The molecule has 0 heterocycles. The Hall–Kier alpha value is -1.75. The maximum atomic E-state index is 11.8. The number of carbonyl (C=O) groups is 1. The van der Waals surface area contributed by atoms with Crippen LogP contribution in [0.3, 0.4) is 0 Å². The van der Waals surface area contributed by atoms with E-state index in [-0.39, 0.29) is 6.04 Å². The normalized spacial score (nSPS) is 12.7. The van der Waals surface area contributed by atoms with Gasteiger partial charge in [-0.2, -0.15) is 0 Å². The second-order valence-corrected chi connectivity index (χ2v) is 6.17. The van der Waals surface area contributed by atoms with Gasteiger partial charge in [-0.25, -0.2) is 4.79 Å². The van der Waals surface area contributed by atoms with Crippen LogP contribution in [-0.4, -0.2) is 24.8 Å². The summed E-state index contributed by atoms with van der Waals surface area (Å²) in [6.45, 7) is 7.45. The largest absolute Gasteiger partial charge is 0.496 e. The van der Waals surface area contributed by atoms with Gasteiger partial charge in [-0.05, 0) is 64.3 Å². The van der Waals surface area contributed by atoms with Gasteiger partial charge in [-0.15, -0.1) is 0 Å². The van der Waals surface area contributed by atoms with Crippen LogP contribution in [-0.2, 0) is 11.2 Å². The van der Waals surface area contributed by atoms with Gasteiger partial charge in [0.2, 0.25) is 0 Å². The fourth-order valence-electron chi connectivity index (χ4n) is 1.86. The van der Waals surface area contributed by atoms with E-state index in [4.69, 9.17) is 15.2 Å². The number of methoxy groups -OCH3 is 1. The predicted octanol–water partition coefficient (Wildman–Crippen LogP) is 3.32. The van der Waals surface area contributed by atoms with Crippen molar-refractivity contribution in [3.8, 4) is 5.75 Å². The molecule has 1 rings (SSSR count). The molecule has 0 fully saturated rings. The Balaban J connectivity index is 2.79. The zero-order valence-electron chi connectivity index (χ0n) is 13.5. The summed E-state index contributed by atoms with van der Waals surface area (Å²) in [5, 5.41) is 2.73. The lowest BCUT2D eigenvalue weighted by molar-refractivity contribution is 0.0636. The summed E-state index contributed by atoms with van der Waals surface area (Å²) in [5.41, 5.74) is 6.97. The number of carbonyl (C=O) groups excluding carboxylic acids is 1. The molecule has 0 saturated heterocycles. The van der Waals surface area contributed by atoms with Gasteiger partial charge in [-0.1, -0.05) is 0 Å². The molecule has 1 aromatic carbocycles. The highest BCUT2D eigenvalue weighted by molar-refractivity contribution is 5.85. The molecule has 0 aromatic heterocycles.